The topological polar surface area (TPSA) is 85.3 Å². The van der Waals surface area contributed by atoms with E-state index < -0.39 is 11.4 Å². The number of hydrogen-bond donors (Lipinski definition) is 1. The summed E-state index contributed by atoms with van der Waals surface area (Å²) in [5, 5.41) is 12.4. The zero-order valence-electron chi connectivity index (χ0n) is 16.8. The van der Waals surface area contributed by atoms with Gasteiger partial charge in [0.25, 0.3) is 0 Å². The maximum Gasteiger partial charge on any atom is 0.341 e. The van der Waals surface area contributed by atoms with Gasteiger partial charge in [0.05, 0.1) is 16.9 Å². The second-order valence-corrected chi connectivity index (χ2v) is 9.45. The monoisotopic (exact) mass is 420 g/mol. The Morgan fingerprint density at radius 2 is 2.10 bits per heavy atom. The van der Waals surface area contributed by atoms with Crippen LogP contribution in [0.25, 0.3) is 33.7 Å². The molecule has 0 saturated carbocycles. The standard InChI is InChI=1S/C23H20N2O4S/c1-23(2,3)20-7-14-13-5-4-12(16-10-30-11-24-16)6-19(13)29-21(14)17-8-18(26)15(22(27)28)9-25(17)20/h4-6,8-11,20H,7H2,1-3H3,(H,27,28)/t20-/m1/s1. The fraction of sp³-hybridized carbons (Fsp3) is 0.261. The van der Waals surface area contributed by atoms with E-state index in [0.29, 0.717) is 17.9 Å². The van der Waals surface area contributed by atoms with Crippen molar-refractivity contribution in [1.29, 1.82) is 0 Å². The predicted octanol–water partition coefficient (Wildman–Crippen LogP) is 5.23. The van der Waals surface area contributed by atoms with Gasteiger partial charge in [-0.3, -0.25) is 4.79 Å². The van der Waals surface area contributed by atoms with Crippen LogP contribution < -0.4 is 5.43 Å². The second-order valence-electron chi connectivity index (χ2n) is 8.73. The number of aromatic nitrogens is 2. The molecule has 0 fully saturated rings. The summed E-state index contributed by atoms with van der Waals surface area (Å²) >= 11 is 1.54. The summed E-state index contributed by atoms with van der Waals surface area (Å²) in [6.07, 6.45) is 2.16. The lowest BCUT2D eigenvalue weighted by molar-refractivity contribution is 0.0693. The normalized spacial score (nSPS) is 15.8. The van der Waals surface area contributed by atoms with Gasteiger partial charge in [-0.05, 0) is 17.9 Å². The first-order valence-corrected chi connectivity index (χ1v) is 10.6. The number of carboxylic acid groups (broad SMARTS) is 1. The molecular formula is C23H20N2O4S. The van der Waals surface area contributed by atoms with Gasteiger partial charge in [0, 0.05) is 40.2 Å². The molecule has 3 aromatic heterocycles. The molecule has 6 nitrogen and oxygen atoms in total. The Labute approximate surface area is 176 Å². The van der Waals surface area contributed by atoms with Gasteiger partial charge in [0.2, 0.25) is 0 Å². The fourth-order valence-corrected chi connectivity index (χ4v) is 4.80. The van der Waals surface area contributed by atoms with Crippen molar-refractivity contribution >= 4 is 28.3 Å². The maximum atomic E-state index is 12.5. The molecule has 152 valence electrons. The van der Waals surface area contributed by atoms with Crippen LogP contribution in [0.5, 0.6) is 0 Å². The van der Waals surface area contributed by atoms with Gasteiger partial charge < -0.3 is 14.1 Å². The fourth-order valence-electron chi connectivity index (χ4n) is 4.24. The van der Waals surface area contributed by atoms with Crippen molar-refractivity contribution in [2.45, 2.75) is 33.2 Å². The number of aromatic carboxylic acids is 1. The number of carboxylic acids is 1. The number of thiazole rings is 1. The lowest BCUT2D eigenvalue weighted by Crippen LogP contribution is -2.32. The second kappa shape index (κ2) is 6.40. The van der Waals surface area contributed by atoms with Gasteiger partial charge in [0.1, 0.15) is 11.1 Å². The summed E-state index contributed by atoms with van der Waals surface area (Å²) in [7, 11) is 0. The molecule has 0 amide bonds. The molecule has 5 rings (SSSR count). The van der Waals surface area contributed by atoms with Crippen LogP contribution >= 0.6 is 11.3 Å². The highest BCUT2D eigenvalue weighted by Gasteiger charge is 2.36. The molecule has 0 radical (unpaired) electrons. The largest absolute Gasteiger partial charge is 0.477 e. The molecule has 7 heteroatoms. The van der Waals surface area contributed by atoms with Gasteiger partial charge in [-0.2, -0.15) is 0 Å². The van der Waals surface area contributed by atoms with Crippen molar-refractivity contribution < 1.29 is 14.3 Å². The van der Waals surface area contributed by atoms with E-state index in [2.05, 4.69) is 25.8 Å². The molecule has 30 heavy (non-hydrogen) atoms. The molecule has 0 unspecified atom stereocenters. The minimum atomic E-state index is -1.22. The first kappa shape index (κ1) is 18.8. The Kier molecular flexibility index (Phi) is 4.02. The Morgan fingerprint density at radius 3 is 2.77 bits per heavy atom. The van der Waals surface area contributed by atoms with Crippen LogP contribution in [0.3, 0.4) is 0 Å². The molecule has 1 aliphatic rings. The minimum absolute atomic E-state index is 0.0160. The highest BCUT2D eigenvalue weighted by Crippen LogP contribution is 2.46. The summed E-state index contributed by atoms with van der Waals surface area (Å²) in [4.78, 5) is 28.4. The van der Waals surface area contributed by atoms with E-state index in [4.69, 9.17) is 4.42 Å². The van der Waals surface area contributed by atoms with Crippen LogP contribution in [0.1, 0.15) is 42.7 Å². The maximum absolute atomic E-state index is 12.5. The molecule has 0 saturated heterocycles. The van der Waals surface area contributed by atoms with Crippen LogP contribution in [-0.4, -0.2) is 20.6 Å². The predicted molar refractivity (Wildman–Crippen MR) is 116 cm³/mol. The summed E-state index contributed by atoms with van der Waals surface area (Å²) in [5.41, 5.74) is 5.19. The summed E-state index contributed by atoms with van der Waals surface area (Å²) < 4.78 is 8.14. The molecular weight excluding hydrogens is 400 g/mol. The summed E-state index contributed by atoms with van der Waals surface area (Å²) in [5.74, 6) is -0.582. The molecule has 1 atom stereocenters. The molecule has 4 aromatic rings. The smallest absolute Gasteiger partial charge is 0.341 e. The molecule has 1 aliphatic heterocycles. The zero-order chi connectivity index (χ0) is 21.2. The Bertz CT molecular complexity index is 1360. The van der Waals surface area contributed by atoms with E-state index in [1.54, 1.807) is 5.51 Å². The van der Waals surface area contributed by atoms with Crippen molar-refractivity contribution in [3.05, 3.63) is 62.7 Å². The number of rotatable bonds is 2. The van der Waals surface area contributed by atoms with Crippen LogP contribution in [0.2, 0.25) is 0 Å². The Balaban J connectivity index is 1.77. The van der Waals surface area contributed by atoms with Crippen LogP contribution in [0, 0.1) is 5.41 Å². The van der Waals surface area contributed by atoms with Gasteiger partial charge in [-0.1, -0.05) is 32.9 Å². The van der Waals surface area contributed by atoms with E-state index in [1.165, 1.54) is 23.6 Å². The third-order valence-corrected chi connectivity index (χ3v) is 6.38. The van der Waals surface area contributed by atoms with E-state index in [9.17, 15) is 14.7 Å². The first-order valence-electron chi connectivity index (χ1n) is 9.68. The van der Waals surface area contributed by atoms with Gasteiger partial charge in [-0.25, -0.2) is 9.78 Å². The van der Waals surface area contributed by atoms with Gasteiger partial charge in [-0.15, -0.1) is 11.3 Å². The van der Waals surface area contributed by atoms with Crippen molar-refractivity contribution in [2.24, 2.45) is 5.41 Å². The Morgan fingerprint density at radius 1 is 1.30 bits per heavy atom. The number of pyridine rings is 1. The quantitative estimate of drug-likeness (QED) is 0.480. The summed E-state index contributed by atoms with van der Waals surface area (Å²) in [6, 6.07) is 7.44. The Hall–Kier alpha value is -3.19. The highest BCUT2D eigenvalue weighted by molar-refractivity contribution is 7.07. The average Bonchev–Trinajstić information content (AvgIpc) is 3.33. The van der Waals surface area contributed by atoms with Crippen molar-refractivity contribution in [1.82, 2.24) is 9.55 Å². The molecule has 1 aromatic carbocycles. The number of fused-ring (bicyclic) bond motifs is 5. The molecule has 0 bridgehead atoms. The van der Waals surface area contributed by atoms with Crippen molar-refractivity contribution in [3.8, 4) is 22.7 Å². The van der Waals surface area contributed by atoms with E-state index >= 15 is 0 Å². The average molecular weight is 420 g/mol. The molecule has 0 spiro atoms. The molecule has 1 N–H and O–H groups in total. The van der Waals surface area contributed by atoms with Crippen LogP contribution in [0.4, 0.5) is 0 Å². The molecule has 4 heterocycles. The van der Waals surface area contributed by atoms with Crippen LogP contribution in [-0.2, 0) is 6.42 Å². The van der Waals surface area contributed by atoms with E-state index in [1.807, 2.05) is 28.1 Å². The van der Waals surface area contributed by atoms with Crippen molar-refractivity contribution in [2.75, 3.05) is 0 Å². The number of benzene rings is 1. The van der Waals surface area contributed by atoms with Gasteiger partial charge in [0.15, 0.2) is 11.2 Å². The third-order valence-electron chi connectivity index (χ3n) is 5.80. The zero-order valence-corrected chi connectivity index (χ0v) is 17.6. The number of nitrogens with zero attached hydrogens (tertiary/aromatic N) is 2. The molecule has 0 aliphatic carbocycles. The third kappa shape index (κ3) is 2.81. The van der Waals surface area contributed by atoms with Gasteiger partial charge >= 0.3 is 5.97 Å². The first-order chi connectivity index (χ1) is 14.2. The lowest BCUT2D eigenvalue weighted by Gasteiger charge is -2.37. The van der Waals surface area contributed by atoms with E-state index in [-0.39, 0.29) is 17.0 Å². The van der Waals surface area contributed by atoms with E-state index in [0.717, 1.165) is 27.8 Å². The number of carbonyl (C=O) groups is 1. The number of hydrogen-bond acceptors (Lipinski definition) is 5. The lowest BCUT2D eigenvalue weighted by atomic mass is 9.79. The van der Waals surface area contributed by atoms with Crippen LogP contribution in [0.15, 0.2) is 50.6 Å². The SMILES string of the molecule is CC(C)(C)[C@H]1Cc2c(oc3cc(-c4cscn4)ccc23)-c2cc(=O)c(C(=O)O)cn21. The summed E-state index contributed by atoms with van der Waals surface area (Å²) in [6.45, 7) is 6.36. The minimum Gasteiger partial charge on any atom is -0.477 e. The highest BCUT2D eigenvalue weighted by atomic mass is 32.1. The number of furan rings is 1. The van der Waals surface area contributed by atoms with Crippen molar-refractivity contribution in [3.63, 3.8) is 0 Å².